The van der Waals surface area contributed by atoms with E-state index in [-0.39, 0.29) is 59.9 Å². The molecule has 0 amide bonds. The van der Waals surface area contributed by atoms with Gasteiger partial charge in [-0.25, -0.2) is 0 Å². The molecule has 6 N–H and O–H groups in total. The minimum atomic E-state index is -0.271. The SMILES string of the molecule is C[C@]12CCSSC[C@@]34NC(N)=NC[C@H]3[C@H]3CC[C@H]4[C@@H](CSSCc4ccc(CO)c3c4)CC3=C4C[C@H]1C[C@H](CO)[C@@H](CCCO)[C@@]42CC3=O. The van der Waals surface area contributed by atoms with Gasteiger partial charge in [-0.2, -0.15) is 0 Å². The molecule has 0 saturated heterocycles. The average molecular weight is 744 g/mol. The van der Waals surface area contributed by atoms with E-state index in [4.69, 9.17) is 10.7 Å². The Labute approximate surface area is 307 Å². The molecule has 11 bridgehead atoms. The molecule has 1 aromatic rings. The highest BCUT2D eigenvalue weighted by Gasteiger charge is 2.70. The summed E-state index contributed by atoms with van der Waals surface area (Å²) in [6, 6.07) is 6.70. The van der Waals surface area contributed by atoms with Gasteiger partial charge in [-0.05, 0) is 115 Å². The first kappa shape index (κ1) is 35.2. The Bertz CT molecular complexity index is 1520. The Kier molecular flexibility index (Phi) is 9.97. The molecule has 0 unspecified atom stereocenters. The maximum atomic E-state index is 14.7. The molecule has 8 aliphatic rings. The predicted octanol–water partition coefficient (Wildman–Crippen LogP) is 6.31. The first-order valence-corrected chi connectivity index (χ1v) is 23.5. The molecule has 0 radical (unpaired) electrons. The van der Waals surface area contributed by atoms with Gasteiger partial charge in [-0.3, -0.25) is 9.79 Å². The van der Waals surface area contributed by atoms with Crippen LogP contribution in [0.1, 0.15) is 87.3 Å². The van der Waals surface area contributed by atoms with Crippen molar-refractivity contribution >= 4 is 54.9 Å². The predicted molar refractivity (Wildman–Crippen MR) is 205 cm³/mol. The molecule has 11 heteroatoms. The standard InChI is InChI=1S/C38H53N3O4S4/c1-36-8-10-46-49-21-38-31-7-6-27(33(38)16-40-35(39)41-38)28-11-22(4-5-23(28)17-43)19-47-48-20-25(31)13-29-32-14-26(36)12-24(18-44)30(3-2-9-42)37(32,36)15-34(29)45/h4-5,11,24-27,30-31,33,42-44H,2-3,6-10,12-21H2,1H3,(H3,39,40,41)/t24-,25-,26-,27+,30-,31+,33+,36+,37+,38+/m1/s1. The monoisotopic (exact) mass is 743 g/mol. The number of nitrogens with two attached hydrogens (primary N) is 1. The number of aliphatic imine (C=N–C) groups is 1. The Morgan fingerprint density at radius 3 is 2.78 bits per heavy atom. The van der Waals surface area contributed by atoms with Crippen LogP contribution in [-0.2, 0) is 17.2 Å². The van der Waals surface area contributed by atoms with Crippen molar-refractivity contribution in [2.24, 2.45) is 57.1 Å². The number of hydrogen-bond acceptors (Lipinski definition) is 11. The summed E-state index contributed by atoms with van der Waals surface area (Å²) in [7, 11) is 7.88. The van der Waals surface area contributed by atoms with Gasteiger partial charge in [0.05, 0.1) is 12.1 Å². The first-order valence-electron chi connectivity index (χ1n) is 18.6. The fraction of sp³-hybridized carbons (Fsp3) is 0.737. The number of carbonyl (C=O) groups excluding carboxylic acids is 1. The van der Waals surface area contributed by atoms with E-state index in [1.54, 1.807) is 0 Å². The van der Waals surface area contributed by atoms with Gasteiger partial charge in [0, 0.05) is 60.5 Å². The van der Waals surface area contributed by atoms with Crippen LogP contribution in [0, 0.1) is 46.3 Å². The number of benzene rings is 1. The lowest BCUT2D eigenvalue weighted by molar-refractivity contribution is -0.125. The number of guanidine groups is 1. The van der Waals surface area contributed by atoms with Gasteiger partial charge in [0.2, 0.25) is 0 Å². The third-order valence-corrected chi connectivity index (χ3v) is 19.6. The van der Waals surface area contributed by atoms with Crippen LogP contribution < -0.4 is 11.1 Å². The molecule has 10 atom stereocenters. The molecule has 3 fully saturated rings. The summed E-state index contributed by atoms with van der Waals surface area (Å²) in [4.78, 5) is 19.5. The lowest BCUT2D eigenvalue weighted by Gasteiger charge is -2.57. The average Bonchev–Trinajstić information content (AvgIpc) is 3.43. The van der Waals surface area contributed by atoms with Gasteiger partial charge in [0.15, 0.2) is 11.7 Å². The zero-order valence-electron chi connectivity index (χ0n) is 28.7. The van der Waals surface area contributed by atoms with E-state index < -0.39 is 0 Å². The van der Waals surface area contributed by atoms with Gasteiger partial charge in [-0.1, -0.05) is 73.9 Å². The van der Waals surface area contributed by atoms with E-state index >= 15 is 0 Å². The minimum Gasteiger partial charge on any atom is -0.396 e. The van der Waals surface area contributed by atoms with Crippen LogP contribution in [0.25, 0.3) is 0 Å². The van der Waals surface area contributed by atoms with Crippen LogP contribution in [0.4, 0.5) is 0 Å². The molecule has 4 heterocycles. The maximum Gasteiger partial charge on any atom is 0.189 e. The third-order valence-electron chi connectivity index (χ3n) is 14.7. The summed E-state index contributed by atoms with van der Waals surface area (Å²) >= 11 is 0. The quantitative estimate of drug-likeness (QED) is 0.219. The first-order chi connectivity index (χ1) is 23.8. The van der Waals surface area contributed by atoms with Crippen LogP contribution >= 0.6 is 43.2 Å². The molecular formula is C38H53N3O4S4. The summed E-state index contributed by atoms with van der Waals surface area (Å²) in [5.41, 5.74) is 12.4. The Balaban J connectivity index is 1.27. The summed E-state index contributed by atoms with van der Waals surface area (Å²) in [5.74, 6) is 6.80. The van der Waals surface area contributed by atoms with Gasteiger partial charge in [-0.15, -0.1) is 0 Å². The van der Waals surface area contributed by atoms with E-state index in [1.807, 2.05) is 43.2 Å². The van der Waals surface area contributed by atoms with E-state index in [0.717, 1.165) is 85.5 Å². The number of hydrogen-bond donors (Lipinski definition) is 5. The summed E-state index contributed by atoms with van der Waals surface area (Å²) < 4.78 is 0. The number of rotatable bonds is 5. The van der Waals surface area contributed by atoms with Crippen LogP contribution in [0.2, 0.25) is 0 Å². The second-order valence-corrected chi connectivity index (χ2v) is 21.4. The fourth-order valence-corrected chi connectivity index (χ4v) is 17.8. The topological polar surface area (TPSA) is 128 Å². The third kappa shape index (κ3) is 5.51. The van der Waals surface area contributed by atoms with Crippen molar-refractivity contribution in [3.8, 4) is 0 Å². The zero-order chi connectivity index (χ0) is 34.0. The normalized spacial score (nSPS) is 41.8. The van der Waals surface area contributed by atoms with Gasteiger partial charge >= 0.3 is 0 Å². The number of nitrogens with zero attached hydrogens (tertiary/aromatic N) is 1. The van der Waals surface area contributed by atoms with Crippen molar-refractivity contribution in [2.75, 3.05) is 37.0 Å². The van der Waals surface area contributed by atoms with Crippen LogP contribution in [-0.4, -0.2) is 69.6 Å². The van der Waals surface area contributed by atoms with Gasteiger partial charge in [0.25, 0.3) is 0 Å². The Hall–Kier alpha value is -0.820. The van der Waals surface area contributed by atoms with Crippen LogP contribution in [0.5, 0.6) is 0 Å². The van der Waals surface area contributed by atoms with Crippen molar-refractivity contribution < 1.29 is 20.1 Å². The number of aliphatic hydroxyl groups excluding tert-OH is 3. The molecule has 3 saturated carbocycles. The van der Waals surface area contributed by atoms with E-state index in [2.05, 4.69) is 30.4 Å². The number of allylic oxidation sites excluding steroid dienone is 2. The minimum absolute atomic E-state index is 0.00949. The van der Waals surface area contributed by atoms with Crippen molar-refractivity contribution in [3.05, 3.63) is 46.0 Å². The molecule has 4 aliphatic carbocycles. The molecular weight excluding hydrogens is 691 g/mol. The highest BCUT2D eigenvalue weighted by Crippen LogP contribution is 2.75. The second kappa shape index (κ2) is 13.9. The maximum absolute atomic E-state index is 14.7. The van der Waals surface area contributed by atoms with Crippen molar-refractivity contribution in [3.63, 3.8) is 0 Å². The number of carbonyl (C=O) groups is 1. The number of aliphatic hydroxyl groups is 3. The fourth-order valence-electron chi connectivity index (χ4n) is 12.5. The molecule has 1 aromatic carbocycles. The summed E-state index contributed by atoms with van der Waals surface area (Å²) in [6.07, 6.45) is 8.17. The Morgan fingerprint density at radius 2 is 1.96 bits per heavy atom. The Morgan fingerprint density at radius 1 is 1.08 bits per heavy atom. The highest BCUT2D eigenvalue weighted by molar-refractivity contribution is 8.76. The van der Waals surface area contributed by atoms with Gasteiger partial charge < -0.3 is 26.4 Å². The van der Waals surface area contributed by atoms with Crippen molar-refractivity contribution in [2.45, 2.75) is 88.5 Å². The highest BCUT2D eigenvalue weighted by atomic mass is 33.1. The molecule has 2 spiro atoms. The van der Waals surface area contributed by atoms with Crippen LogP contribution in [0.15, 0.2) is 34.3 Å². The molecule has 7 nitrogen and oxygen atoms in total. The summed E-state index contributed by atoms with van der Waals surface area (Å²) in [5, 5.41) is 35.1. The van der Waals surface area contributed by atoms with E-state index in [9.17, 15) is 20.1 Å². The van der Waals surface area contributed by atoms with Crippen LogP contribution in [0.3, 0.4) is 0 Å². The number of nitrogens with one attached hydrogen (secondary N) is 1. The lowest BCUT2D eigenvalue weighted by atomic mass is 9.47. The molecule has 9 rings (SSSR count). The zero-order valence-corrected chi connectivity index (χ0v) is 32.0. The van der Waals surface area contributed by atoms with Crippen molar-refractivity contribution in [1.29, 1.82) is 0 Å². The van der Waals surface area contributed by atoms with Crippen molar-refractivity contribution in [1.82, 2.24) is 5.32 Å². The lowest BCUT2D eigenvalue weighted by Crippen LogP contribution is -2.69. The number of fused-ring (bicyclic) bond motifs is 4. The van der Waals surface area contributed by atoms with E-state index in [0.29, 0.717) is 42.5 Å². The molecule has 4 aliphatic heterocycles. The summed E-state index contributed by atoms with van der Waals surface area (Å²) in [6.45, 7) is 3.55. The second-order valence-electron chi connectivity index (χ2n) is 16.3. The van der Waals surface area contributed by atoms with E-state index in [1.165, 1.54) is 16.7 Å². The molecule has 49 heavy (non-hydrogen) atoms. The molecule has 0 aromatic heterocycles. The smallest absolute Gasteiger partial charge is 0.189 e. The largest absolute Gasteiger partial charge is 0.396 e. The van der Waals surface area contributed by atoms with Gasteiger partial charge in [0.1, 0.15) is 0 Å². The number of ketones is 1. The number of Topliss-reactive ketones (excluding diaryl/α,β-unsaturated/α-hetero) is 1. The molecule has 268 valence electrons.